The minimum absolute atomic E-state index is 0.0414. The summed E-state index contributed by atoms with van der Waals surface area (Å²) in [5.74, 6) is 0.479. The molecule has 112 valence electrons. The Bertz CT molecular complexity index is 478. The zero-order valence-corrected chi connectivity index (χ0v) is 11.8. The van der Waals surface area contributed by atoms with E-state index in [1.165, 1.54) is 6.07 Å². The maximum atomic E-state index is 13.3. The van der Waals surface area contributed by atoms with E-state index in [0.717, 1.165) is 30.2 Å². The Morgan fingerprint density at radius 2 is 2.10 bits per heavy atom. The highest BCUT2D eigenvalue weighted by Crippen LogP contribution is 2.34. The number of hydrogen-bond donors (Lipinski definition) is 1. The molecule has 0 saturated carbocycles. The van der Waals surface area contributed by atoms with Crippen molar-refractivity contribution in [2.75, 3.05) is 25.1 Å². The van der Waals surface area contributed by atoms with Gasteiger partial charge in [0.15, 0.2) is 0 Å². The Morgan fingerprint density at radius 3 is 2.70 bits per heavy atom. The monoisotopic (exact) mass is 308 g/mol. The van der Waals surface area contributed by atoms with Crippen molar-refractivity contribution in [1.82, 2.24) is 4.90 Å². The van der Waals surface area contributed by atoms with Crippen molar-refractivity contribution >= 4 is 11.8 Å². The summed E-state index contributed by atoms with van der Waals surface area (Å²) < 4.78 is 51.4. The quantitative estimate of drug-likeness (QED) is 0.852. The third kappa shape index (κ3) is 3.27. The van der Waals surface area contributed by atoms with Crippen molar-refractivity contribution in [1.29, 1.82) is 0 Å². The van der Waals surface area contributed by atoms with E-state index >= 15 is 0 Å². The van der Waals surface area contributed by atoms with Crippen molar-refractivity contribution in [3.8, 4) is 0 Å². The van der Waals surface area contributed by atoms with E-state index in [1.54, 1.807) is 11.8 Å². The van der Waals surface area contributed by atoms with Gasteiger partial charge in [-0.25, -0.2) is 4.39 Å². The fourth-order valence-corrected chi connectivity index (χ4v) is 3.56. The Balaban J connectivity index is 2.28. The van der Waals surface area contributed by atoms with Crippen LogP contribution in [0.1, 0.15) is 17.2 Å². The van der Waals surface area contributed by atoms with Crippen LogP contribution in [0.15, 0.2) is 18.2 Å². The van der Waals surface area contributed by atoms with Crippen LogP contribution in [-0.2, 0) is 6.18 Å². The molecule has 1 heterocycles. The van der Waals surface area contributed by atoms with Crippen LogP contribution in [-0.4, -0.2) is 36.0 Å². The lowest BCUT2D eigenvalue weighted by Crippen LogP contribution is -2.46. The minimum Gasteiger partial charge on any atom is -0.323 e. The Hall–Kier alpha value is -0.790. The van der Waals surface area contributed by atoms with E-state index in [0.29, 0.717) is 5.56 Å². The van der Waals surface area contributed by atoms with Crippen LogP contribution < -0.4 is 5.73 Å². The molecule has 1 saturated heterocycles. The van der Waals surface area contributed by atoms with Crippen LogP contribution in [0, 0.1) is 5.82 Å². The van der Waals surface area contributed by atoms with Crippen molar-refractivity contribution in [3.63, 3.8) is 0 Å². The molecule has 2 rings (SSSR count). The first-order chi connectivity index (χ1) is 9.30. The number of thioether (sulfide) groups is 1. The first kappa shape index (κ1) is 15.6. The van der Waals surface area contributed by atoms with Crippen LogP contribution >= 0.6 is 11.8 Å². The first-order valence-electron chi connectivity index (χ1n) is 6.21. The minimum atomic E-state index is -4.70. The zero-order chi connectivity index (χ0) is 14.9. The molecular formula is C13H16F4N2S. The molecule has 1 aromatic rings. The summed E-state index contributed by atoms with van der Waals surface area (Å²) in [4.78, 5) is 2.04. The van der Waals surface area contributed by atoms with E-state index < -0.39 is 23.6 Å². The van der Waals surface area contributed by atoms with Crippen molar-refractivity contribution < 1.29 is 17.6 Å². The van der Waals surface area contributed by atoms with Gasteiger partial charge in [0.25, 0.3) is 0 Å². The Kier molecular flexibility index (Phi) is 4.61. The molecular weight excluding hydrogens is 292 g/mol. The van der Waals surface area contributed by atoms with Gasteiger partial charge in [-0.2, -0.15) is 24.9 Å². The van der Waals surface area contributed by atoms with Crippen molar-refractivity contribution in [2.24, 2.45) is 5.73 Å². The zero-order valence-electron chi connectivity index (χ0n) is 11.0. The van der Waals surface area contributed by atoms with Crippen molar-refractivity contribution in [3.05, 3.63) is 35.1 Å². The molecule has 0 aliphatic carbocycles. The molecule has 0 radical (unpaired) electrons. The summed E-state index contributed by atoms with van der Waals surface area (Å²) in [7, 11) is 1.90. The fourth-order valence-electron chi connectivity index (χ4n) is 2.27. The van der Waals surface area contributed by atoms with E-state index in [4.69, 9.17) is 5.73 Å². The predicted molar refractivity (Wildman–Crippen MR) is 72.1 cm³/mol. The third-order valence-electron chi connectivity index (χ3n) is 3.54. The largest absolute Gasteiger partial charge is 0.419 e. The molecule has 2 unspecified atom stereocenters. The van der Waals surface area contributed by atoms with Crippen LogP contribution in [0.25, 0.3) is 0 Å². The SMILES string of the molecule is CN1CCSCC1C(N)c1ccc(F)c(C(F)(F)F)c1. The molecule has 0 aromatic heterocycles. The van der Waals surface area contributed by atoms with Gasteiger partial charge in [-0.15, -0.1) is 0 Å². The topological polar surface area (TPSA) is 29.3 Å². The summed E-state index contributed by atoms with van der Waals surface area (Å²) >= 11 is 1.72. The summed E-state index contributed by atoms with van der Waals surface area (Å²) in [6, 6.07) is 2.40. The third-order valence-corrected chi connectivity index (χ3v) is 4.59. The Morgan fingerprint density at radius 1 is 1.40 bits per heavy atom. The van der Waals surface area contributed by atoms with Crippen LogP contribution in [0.3, 0.4) is 0 Å². The molecule has 7 heteroatoms. The van der Waals surface area contributed by atoms with E-state index in [2.05, 4.69) is 0 Å². The maximum absolute atomic E-state index is 13.3. The van der Waals surface area contributed by atoms with Gasteiger partial charge in [0, 0.05) is 30.1 Å². The molecule has 1 aliphatic rings. The number of hydrogen-bond acceptors (Lipinski definition) is 3. The number of rotatable bonds is 2. The highest BCUT2D eigenvalue weighted by atomic mass is 32.2. The first-order valence-corrected chi connectivity index (χ1v) is 7.36. The van der Waals surface area contributed by atoms with Crippen LogP contribution in [0.2, 0.25) is 0 Å². The average Bonchev–Trinajstić information content (AvgIpc) is 2.37. The standard InChI is InChI=1S/C13H16F4N2S/c1-19-4-5-20-7-11(19)12(18)8-2-3-10(14)9(6-8)13(15,16)17/h2-3,6,11-12H,4-5,7,18H2,1H3. The van der Waals surface area contributed by atoms with Crippen LogP contribution in [0.5, 0.6) is 0 Å². The molecule has 0 bridgehead atoms. The molecule has 0 amide bonds. The second kappa shape index (κ2) is 5.91. The smallest absolute Gasteiger partial charge is 0.323 e. The molecule has 1 aliphatic heterocycles. The van der Waals surface area contributed by atoms with Gasteiger partial charge in [-0.3, -0.25) is 4.90 Å². The predicted octanol–water partition coefficient (Wildman–Crippen LogP) is 2.89. The van der Waals surface area contributed by atoms with Gasteiger partial charge in [0.1, 0.15) is 5.82 Å². The summed E-state index contributed by atoms with van der Waals surface area (Å²) in [6.07, 6.45) is -4.70. The van der Waals surface area contributed by atoms with Gasteiger partial charge in [-0.05, 0) is 24.7 Å². The second-order valence-electron chi connectivity index (χ2n) is 4.89. The Labute approximate surface area is 119 Å². The van der Waals surface area contributed by atoms with E-state index in [9.17, 15) is 17.6 Å². The van der Waals surface area contributed by atoms with Gasteiger partial charge < -0.3 is 5.73 Å². The lowest BCUT2D eigenvalue weighted by molar-refractivity contribution is -0.140. The molecule has 1 aromatic carbocycles. The number of likely N-dealkylation sites (N-methyl/N-ethyl adjacent to an activating group) is 1. The van der Waals surface area contributed by atoms with Crippen molar-refractivity contribution in [2.45, 2.75) is 18.3 Å². The number of nitrogens with zero attached hydrogens (tertiary/aromatic N) is 1. The molecule has 1 fully saturated rings. The molecule has 2 N–H and O–H groups in total. The summed E-state index contributed by atoms with van der Waals surface area (Å²) in [5.41, 5.74) is 5.14. The molecule has 20 heavy (non-hydrogen) atoms. The lowest BCUT2D eigenvalue weighted by Gasteiger charge is -2.36. The molecule has 0 spiro atoms. The van der Waals surface area contributed by atoms with E-state index in [-0.39, 0.29) is 6.04 Å². The van der Waals surface area contributed by atoms with Crippen LogP contribution in [0.4, 0.5) is 17.6 Å². The average molecular weight is 308 g/mol. The van der Waals surface area contributed by atoms with Gasteiger partial charge in [-0.1, -0.05) is 6.07 Å². The number of alkyl halides is 3. The fraction of sp³-hybridized carbons (Fsp3) is 0.538. The van der Waals surface area contributed by atoms with Gasteiger partial charge >= 0.3 is 6.18 Å². The summed E-state index contributed by atoms with van der Waals surface area (Å²) in [6.45, 7) is 0.844. The molecule has 2 atom stereocenters. The highest BCUT2D eigenvalue weighted by Gasteiger charge is 2.35. The summed E-state index contributed by atoms with van der Waals surface area (Å²) in [5, 5.41) is 0. The second-order valence-corrected chi connectivity index (χ2v) is 6.04. The lowest BCUT2D eigenvalue weighted by atomic mass is 9.98. The maximum Gasteiger partial charge on any atom is 0.419 e. The van der Waals surface area contributed by atoms with Gasteiger partial charge in [0.2, 0.25) is 0 Å². The number of halogens is 4. The number of nitrogens with two attached hydrogens (primary N) is 1. The van der Waals surface area contributed by atoms with E-state index in [1.807, 2.05) is 11.9 Å². The van der Waals surface area contributed by atoms with Gasteiger partial charge in [0.05, 0.1) is 5.56 Å². The highest BCUT2D eigenvalue weighted by molar-refractivity contribution is 7.99. The number of benzene rings is 1. The normalized spacial score (nSPS) is 22.8. The molecule has 2 nitrogen and oxygen atoms in total.